The maximum absolute atomic E-state index is 12.7. The molecule has 0 rings (SSSR count). The highest BCUT2D eigenvalue weighted by Gasteiger charge is 2.22. The molecule has 4 atom stereocenters. The molecule has 0 saturated heterocycles. The van der Waals surface area contributed by atoms with Gasteiger partial charge in [0.05, 0.1) is 40.0 Å². The summed E-state index contributed by atoms with van der Waals surface area (Å²) >= 11 is 0. The van der Waals surface area contributed by atoms with Gasteiger partial charge in [-0.05, 0) is 51.4 Å². The Morgan fingerprint density at radius 2 is 1.05 bits per heavy atom. The first kappa shape index (κ1) is 60.2. The average molecular weight is 900 g/mol. The lowest BCUT2D eigenvalue weighted by atomic mass is 10.0. The number of aliphatic hydroxyl groups excluding tert-OH is 2. The zero-order valence-electron chi connectivity index (χ0n) is 40.3. The van der Waals surface area contributed by atoms with Gasteiger partial charge >= 0.3 is 11.9 Å². The molecule has 62 heavy (non-hydrogen) atoms. The van der Waals surface area contributed by atoms with E-state index in [0.717, 1.165) is 38.5 Å². The van der Waals surface area contributed by atoms with Gasteiger partial charge in [0.15, 0.2) is 6.10 Å². The van der Waals surface area contributed by atoms with E-state index in [4.69, 9.17) is 18.5 Å². The van der Waals surface area contributed by atoms with Gasteiger partial charge in [0.25, 0.3) is 7.82 Å². The first-order valence-corrected chi connectivity index (χ1v) is 26.3. The van der Waals surface area contributed by atoms with Crippen LogP contribution >= 0.6 is 7.82 Å². The lowest BCUT2D eigenvalue weighted by molar-refractivity contribution is -0.870. The minimum absolute atomic E-state index is 0.0820. The van der Waals surface area contributed by atoms with E-state index >= 15 is 0 Å². The van der Waals surface area contributed by atoms with Gasteiger partial charge < -0.3 is 38.1 Å². The molecule has 2 N–H and O–H groups in total. The summed E-state index contributed by atoms with van der Waals surface area (Å²) in [6.07, 6.45) is 40.6. The van der Waals surface area contributed by atoms with Crippen molar-refractivity contribution in [2.45, 2.75) is 225 Å². The second-order valence-corrected chi connectivity index (χ2v) is 19.6. The van der Waals surface area contributed by atoms with Crippen molar-refractivity contribution in [1.82, 2.24) is 0 Å². The normalized spacial score (nSPS) is 14.8. The summed E-state index contributed by atoms with van der Waals surface area (Å²) in [5.74, 6) is -1.11. The van der Waals surface area contributed by atoms with E-state index in [1.165, 1.54) is 116 Å². The van der Waals surface area contributed by atoms with E-state index < -0.39 is 44.7 Å². The van der Waals surface area contributed by atoms with Crippen molar-refractivity contribution in [3.63, 3.8) is 0 Å². The second-order valence-electron chi connectivity index (χ2n) is 18.1. The highest BCUT2D eigenvalue weighted by Crippen LogP contribution is 2.38. The molecule has 0 aromatic heterocycles. The highest BCUT2D eigenvalue weighted by atomic mass is 31.2. The fraction of sp³-hybridized carbons (Fsp3) is 0.840. The summed E-state index contributed by atoms with van der Waals surface area (Å²) in [5.41, 5.74) is 0. The fourth-order valence-corrected chi connectivity index (χ4v) is 7.55. The largest absolute Gasteiger partial charge is 0.756 e. The SMILES string of the molecule is CCCCC/C=C\C/C=C\C/C=C\CC(O)C(O)CCCC(=O)O[C@H](COC(=O)CCCCCCCCCCCCCCCCCCCCC)COP(=O)([O-])OCC[N+](C)(C)C. The van der Waals surface area contributed by atoms with Crippen LogP contribution in [0.5, 0.6) is 0 Å². The number of carbonyl (C=O) groups is 2. The Bertz CT molecular complexity index is 1190. The van der Waals surface area contributed by atoms with Crippen molar-refractivity contribution in [1.29, 1.82) is 0 Å². The Labute approximate surface area is 379 Å². The van der Waals surface area contributed by atoms with Crippen LogP contribution in [0, 0.1) is 0 Å². The molecule has 0 aromatic carbocycles. The van der Waals surface area contributed by atoms with E-state index in [-0.39, 0.29) is 45.3 Å². The number of quaternary nitrogens is 1. The van der Waals surface area contributed by atoms with E-state index in [0.29, 0.717) is 17.4 Å². The molecule has 3 unspecified atom stereocenters. The molecule has 12 heteroatoms. The first-order chi connectivity index (χ1) is 29.8. The molecule has 0 radical (unpaired) electrons. The molecule has 0 bridgehead atoms. The molecule has 0 aromatic rings. The van der Waals surface area contributed by atoms with Crippen LogP contribution in [0.2, 0.25) is 0 Å². The van der Waals surface area contributed by atoms with Crippen LogP contribution in [0.1, 0.15) is 206 Å². The quantitative estimate of drug-likeness (QED) is 0.0199. The molecule has 0 aliphatic rings. The molecule has 0 saturated carbocycles. The fourth-order valence-electron chi connectivity index (χ4n) is 6.82. The number of likely N-dealkylation sites (N-methyl/N-ethyl adjacent to an activating group) is 1. The molecular formula is C50H94NO10P. The van der Waals surface area contributed by atoms with Crippen LogP contribution in [0.15, 0.2) is 36.5 Å². The standard InChI is InChI=1S/C50H94NO10P/c1-6-8-10-12-14-16-18-20-21-22-23-24-25-26-28-30-32-34-36-40-49(54)58-44-46(45-60-62(56,57)59-43-42-51(3,4)5)61-50(55)41-37-39-48(53)47(52)38-35-33-31-29-27-19-17-15-13-11-9-7-2/h15,17,27,29,33,35,46-48,52-53H,6-14,16,18-26,28,30-32,34,36-45H2,1-5H3/b17-15-,29-27-,35-33-/t46-,47?,48?/m1/s1. The minimum atomic E-state index is -4.71. The van der Waals surface area contributed by atoms with Crippen LogP contribution in [0.3, 0.4) is 0 Å². The van der Waals surface area contributed by atoms with Crippen LogP contribution in [0.25, 0.3) is 0 Å². The number of ether oxygens (including phenoxy) is 2. The molecule has 364 valence electrons. The zero-order valence-corrected chi connectivity index (χ0v) is 41.2. The van der Waals surface area contributed by atoms with Crippen molar-refractivity contribution < 1.29 is 52.3 Å². The van der Waals surface area contributed by atoms with E-state index in [1.807, 2.05) is 33.3 Å². The van der Waals surface area contributed by atoms with E-state index in [1.54, 1.807) is 0 Å². The topological polar surface area (TPSA) is 152 Å². The highest BCUT2D eigenvalue weighted by molar-refractivity contribution is 7.45. The van der Waals surface area contributed by atoms with Gasteiger partial charge in [-0.15, -0.1) is 0 Å². The smallest absolute Gasteiger partial charge is 0.306 e. The second kappa shape index (κ2) is 41.8. The Balaban J connectivity index is 4.48. The number of allylic oxidation sites excluding steroid dienone is 5. The number of phosphoric acid groups is 1. The number of unbranched alkanes of at least 4 members (excludes halogenated alkanes) is 21. The lowest BCUT2D eigenvalue weighted by Gasteiger charge is -2.28. The molecule has 0 spiro atoms. The summed E-state index contributed by atoms with van der Waals surface area (Å²) in [6.45, 7) is 3.88. The number of hydrogen-bond donors (Lipinski definition) is 2. The lowest BCUT2D eigenvalue weighted by Crippen LogP contribution is -2.37. The number of aliphatic hydroxyl groups is 2. The van der Waals surface area contributed by atoms with E-state index in [2.05, 4.69) is 38.2 Å². The maximum atomic E-state index is 12.7. The van der Waals surface area contributed by atoms with Crippen molar-refractivity contribution >= 4 is 19.8 Å². The molecule has 0 aliphatic heterocycles. The van der Waals surface area contributed by atoms with Gasteiger partial charge in [0, 0.05) is 12.8 Å². The van der Waals surface area contributed by atoms with Gasteiger partial charge in [-0.3, -0.25) is 14.2 Å². The monoisotopic (exact) mass is 900 g/mol. The number of esters is 2. The third kappa shape index (κ3) is 43.4. The van der Waals surface area contributed by atoms with E-state index in [9.17, 15) is 29.3 Å². The Kier molecular flexibility index (Phi) is 40.6. The Morgan fingerprint density at radius 3 is 1.58 bits per heavy atom. The molecule has 0 heterocycles. The summed E-state index contributed by atoms with van der Waals surface area (Å²) in [5, 5.41) is 20.8. The van der Waals surface area contributed by atoms with Crippen molar-refractivity contribution in [2.75, 3.05) is 47.5 Å². The molecule has 11 nitrogen and oxygen atoms in total. The molecular weight excluding hydrogens is 806 g/mol. The summed E-state index contributed by atoms with van der Waals surface area (Å²) in [4.78, 5) is 37.7. The van der Waals surface area contributed by atoms with Crippen LogP contribution in [0.4, 0.5) is 0 Å². The van der Waals surface area contributed by atoms with Crippen molar-refractivity contribution in [3.05, 3.63) is 36.5 Å². The Morgan fingerprint density at radius 1 is 0.581 bits per heavy atom. The van der Waals surface area contributed by atoms with Gasteiger partial charge in [-0.1, -0.05) is 179 Å². The number of hydrogen-bond acceptors (Lipinski definition) is 10. The van der Waals surface area contributed by atoms with Crippen LogP contribution in [-0.4, -0.2) is 92.5 Å². The summed E-state index contributed by atoms with van der Waals surface area (Å²) in [7, 11) is 0.994. The third-order valence-electron chi connectivity index (χ3n) is 10.9. The van der Waals surface area contributed by atoms with Crippen LogP contribution < -0.4 is 4.89 Å². The number of nitrogens with zero attached hydrogens (tertiary/aromatic N) is 1. The summed E-state index contributed by atoms with van der Waals surface area (Å²) < 4.78 is 33.8. The summed E-state index contributed by atoms with van der Waals surface area (Å²) in [6, 6.07) is 0. The van der Waals surface area contributed by atoms with Crippen molar-refractivity contribution in [3.8, 4) is 0 Å². The Hall–Kier alpha value is -1.85. The predicted molar refractivity (Wildman–Crippen MR) is 253 cm³/mol. The van der Waals surface area contributed by atoms with Crippen LogP contribution in [-0.2, 0) is 32.7 Å². The maximum Gasteiger partial charge on any atom is 0.306 e. The number of rotatable bonds is 45. The molecule has 0 aliphatic carbocycles. The molecule has 0 amide bonds. The number of phosphoric ester groups is 1. The van der Waals surface area contributed by atoms with Gasteiger partial charge in [0.1, 0.15) is 19.8 Å². The predicted octanol–water partition coefficient (Wildman–Crippen LogP) is 11.8. The van der Waals surface area contributed by atoms with Gasteiger partial charge in [-0.25, -0.2) is 0 Å². The van der Waals surface area contributed by atoms with Gasteiger partial charge in [-0.2, -0.15) is 0 Å². The van der Waals surface area contributed by atoms with Gasteiger partial charge in [0.2, 0.25) is 0 Å². The average Bonchev–Trinajstić information content (AvgIpc) is 3.22. The van der Waals surface area contributed by atoms with Crippen molar-refractivity contribution in [2.24, 2.45) is 0 Å². The zero-order chi connectivity index (χ0) is 46.0. The number of carbonyl (C=O) groups excluding carboxylic acids is 2. The molecule has 0 fully saturated rings. The third-order valence-corrected chi connectivity index (χ3v) is 11.8. The first-order valence-electron chi connectivity index (χ1n) is 24.9. The minimum Gasteiger partial charge on any atom is -0.756 e.